The molecule has 0 aliphatic carbocycles. The van der Waals surface area contributed by atoms with Crippen LogP contribution >= 0.6 is 0 Å². The summed E-state index contributed by atoms with van der Waals surface area (Å²) in [4.78, 5) is 10.9. The van der Waals surface area contributed by atoms with Gasteiger partial charge in [-0.15, -0.1) is 0 Å². The Hall–Kier alpha value is -1.43. The quantitative estimate of drug-likeness (QED) is 0.619. The molecule has 1 aromatic rings. The van der Waals surface area contributed by atoms with Gasteiger partial charge in [0.1, 0.15) is 11.4 Å². The van der Waals surface area contributed by atoms with Crippen molar-refractivity contribution in [3.63, 3.8) is 0 Å². The first-order valence-corrected chi connectivity index (χ1v) is 6.28. The van der Waals surface area contributed by atoms with Crippen LogP contribution in [0.25, 0.3) is 0 Å². The summed E-state index contributed by atoms with van der Waals surface area (Å²) in [7, 11) is 3.65. The predicted molar refractivity (Wildman–Crippen MR) is 70.6 cm³/mol. The summed E-state index contributed by atoms with van der Waals surface area (Å²) in [6.45, 7) is 6.09. The molecule has 0 aliphatic rings. The van der Waals surface area contributed by atoms with Crippen LogP contribution in [0.2, 0.25) is 0 Å². The van der Waals surface area contributed by atoms with E-state index in [1.165, 1.54) is 0 Å². The maximum absolute atomic E-state index is 11.2. The van der Waals surface area contributed by atoms with Crippen LogP contribution in [0.4, 0.5) is 5.69 Å². The lowest BCUT2D eigenvalue weighted by molar-refractivity contribution is -0.386. The summed E-state index contributed by atoms with van der Waals surface area (Å²) in [6.07, 6.45) is 1.20. The topological polar surface area (TPSA) is 73.0 Å². The summed E-state index contributed by atoms with van der Waals surface area (Å²) in [6, 6.07) is 0.212. The van der Waals surface area contributed by atoms with Crippen molar-refractivity contribution in [2.45, 2.75) is 39.7 Å². The fourth-order valence-electron chi connectivity index (χ4n) is 2.17. The number of likely N-dealkylation sites (N-methyl/N-ethyl adjacent to an activating group) is 1. The fraction of sp³-hybridized carbons (Fsp3) is 0.750. The molecule has 1 N–H and O–H groups in total. The molecule has 6 nitrogen and oxygen atoms in total. The van der Waals surface area contributed by atoms with Crippen molar-refractivity contribution in [2.24, 2.45) is 13.0 Å². The third kappa shape index (κ3) is 2.87. The van der Waals surface area contributed by atoms with E-state index in [1.807, 2.05) is 14.0 Å². The number of nitrogens with one attached hydrogen (secondary N) is 1. The number of aromatic nitrogens is 2. The number of nitrogens with zero attached hydrogens (tertiary/aromatic N) is 3. The van der Waals surface area contributed by atoms with Crippen LogP contribution in [0.5, 0.6) is 0 Å². The Morgan fingerprint density at radius 1 is 1.50 bits per heavy atom. The first-order chi connectivity index (χ1) is 8.42. The van der Waals surface area contributed by atoms with Gasteiger partial charge >= 0.3 is 5.69 Å². The lowest BCUT2D eigenvalue weighted by atomic mass is 9.98. The minimum atomic E-state index is -0.311. The highest BCUT2D eigenvalue weighted by molar-refractivity contribution is 5.41. The van der Waals surface area contributed by atoms with Crippen molar-refractivity contribution < 1.29 is 4.92 Å². The van der Waals surface area contributed by atoms with Crippen LogP contribution in [0.1, 0.15) is 32.2 Å². The van der Waals surface area contributed by atoms with E-state index in [0.29, 0.717) is 30.1 Å². The van der Waals surface area contributed by atoms with Crippen LogP contribution in [0, 0.1) is 16.0 Å². The second-order valence-corrected chi connectivity index (χ2v) is 4.82. The van der Waals surface area contributed by atoms with Gasteiger partial charge in [-0.1, -0.05) is 20.8 Å². The standard InChI is InChI=1S/C12H22N4O2/c1-6-9-12(16(17)18)11(15(5)14-9)7-10(13-4)8(2)3/h8,10,13H,6-7H2,1-5H3. The van der Waals surface area contributed by atoms with Crippen molar-refractivity contribution in [1.29, 1.82) is 0 Å². The van der Waals surface area contributed by atoms with Gasteiger partial charge in [0.2, 0.25) is 0 Å². The monoisotopic (exact) mass is 254 g/mol. The zero-order valence-corrected chi connectivity index (χ0v) is 11.7. The zero-order chi connectivity index (χ0) is 13.9. The summed E-state index contributed by atoms with van der Waals surface area (Å²) >= 11 is 0. The molecule has 1 heterocycles. The molecular formula is C12H22N4O2. The number of rotatable bonds is 6. The summed E-state index contributed by atoms with van der Waals surface area (Å²) < 4.78 is 1.64. The van der Waals surface area contributed by atoms with E-state index in [9.17, 15) is 10.1 Å². The van der Waals surface area contributed by atoms with Crippen LogP contribution < -0.4 is 5.32 Å². The number of aryl methyl sites for hydroxylation is 2. The Morgan fingerprint density at radius 2 is 2.11 bits per heavy atom. The van der Waals surface area contributed by atoms with Gasteiger partial charge in [-0.05, 0) is 19.4 Å². The first kappa shape index (κ1) is 14.6. The Kier molecular flexibility index (Phi) is 4.84. The highest BCUT2D eigenvalue weighted by atomic mass is 16.6. The molecule has 1 aromatic heterocycles. The van der Waals surface area contributed by atoms with E-state index in [0.717, 1.165) is 0 Å². The number of nitro groups is 1. The van der Waals surface area contributed by atoms with Crippen molar-refractivity contribution >= 4 is 5.69 Å². The average Bonchev–Trinajstić information content (AvgIpc) is 2.62. The lowest BCUT2D eigenvalue weighted by Gasteiger charge is -2.19. The number of hydrogen-bond acceptors (Lipinski definition) is 4. The summed E-state index contributed by atoms with van der Waals surface area (Å²) in [5, 5.41) is 18.6. The van der Waals surface area contributed by atoms with Crippen molar-refractivity contribution in [3.05, 3.63) is 21.5 Å². The Labute approximate surface area is 108 Å². The van der Waals surface area contributed by atoms with Crippen LogP contribution in [0.15, 0.2) is 0 Å². The second-order valence-electron chi connectivity index (χ2n) is 4.82. The largest absolute Gasteiger partial charge is 0.316 e. The molecule has 1 atom stereocenters. The molecule has 0 bridgehead atoms. The molecule has 1 rings (SSSR count). The molecular weight excluding hydrogens is 232 g/mol. The molecule has 0 aliphatic heterocycles. The SMILES string of the molecule is CCc1nn(C)c(CC(NC)C(C)C)c1[N+](=O)[O-]. The molecule has 18 heavy (non-hydrogen) atoms. The minimum absolute atomic E-state index is 0.181. The van der Waals surface area contributed by atoms with E-state index in [2.05, 4.69) is 24.3 Å². The third-order valence-electron chi connectivity index (χ3n) is 3.31. The zero-order valence-electron chi connectivity index (χ0n) is 11.7. The van der Waals surface area contributed by atoms with Crippen molar-refractivity contribution in [1.82, 2.24) is 15.1 Å². The Balaban J connectivity index is 3.14. The maximum atomic E-state index is 11.2. The highest BCUT2D eigenvalue weighted by Gasteiger charge is 2.27. The van der Waals surface area contributed by atoms with Gasteiger partial charge in [-0.2, -0.15) is 5.10 Å². The summed E-state index contributed by atoms with van der Waals surface area (Å²) in [5.41, 5.74) is 1.45. The van der Waals surface area contributed by atoms with E-state index in [1.54, 1.807) is 11.7 Å². The molecule has 0 saturated carbocycles. The maximum Gasteiger partial charge on any atom is 0.313 e. The first-order valence-electron chi connectivity index (χ1n) is 6.28. The third-order valence-corrected chi connectivity index (χ3v) is 3.31. The van der Waals surface area contributed by atoms with Gasteiger partial charge in [0.05, 0.1) is 4.92 Å². The smallest absolute Gasteiger partial charge is 0.313 e. The van der Waals surface area contributed by atoms with Gasteiger partial charge in [-0.3, -0.25) is 14.8 Å². The molecule has 6 heteroatoms. The number of hydrogen-bond donors (Lipinski definition) is 1. The van der Waals surface area contributed by atoms with Gasteiger partial charge in [0.15, 0.2) is 0 Å². The van der Waals surface area contributed by atoms with Crippen molar-refractivity contribution in [3.8, 4) is 0 Å². The van der Waals surface area contributed by atoms with Gasteiger partial charge in [0, 0.05) is 19.5 Å². The Bertz CT molecular complexity index is 426. The van der Waals surface area contributed by atoms with Gasteiger partial charge in [-0.25, -0.2) is 0 Å². The molecule has 0 radical (unpaired) electrons. The Morgan fingerprint density at radius 3 is 2.50 bits per heavy atom. The minimum Gasteiger partial charge on any atom is -0.316 e. The molecule has 0 saturated heterocycles. The van der Waals surface area contributed by atoms with Gasteiger partial charge in [0.25, 0.3) is 0 Å². The molecule has 0 fully saturated rings. The van der Waals surface area contributed by atoms with Crippen LogP contribution in [-0.4, -0.2) is 27.8 Å². The van der Waals surface area contributed by atoms with Gasteiger partial charge < -0.3 is 5.32 Å². The fourth-order valence-corrected chi connectivity index (χ4v) is 2.17. The average molecular weight is 254 g/mol. The molecule has 0 spiro atoms. The predicted octanol–water partition coefficient (Wildman–Crippen LogP) is 1.68. The molecule has 102 valence electrons. The van der Waals surface area contributed by atoms with E-state index < -0.39 is 0 Å². The lowest BCUT2D eigenvalue weighted by Crippen LogP contribution is -2.33. The molecule has 1 unspecified atom stereocenters. The summed E-state index contributed by atoms with van der Waals surface area (Å²) in [5.74, 6) is 0.412. The molecule has 0 aromatic carbocycles. The van der Waals surface area contributed by atoms with Crippen molar-refractivity contribution in [2.75, 3.05) is 7.05 Å². The second kappa shape index (κ2) is 5.95. The van der Waals surface area contributed by atoms with E-state index in [-0.39, 0.29) is 16.7 Å². The normalized spacial score (nSPS) is 13.0. The van der Waals surface area contributed by atoms with Crippen LogP contribution in [-0.2, 0) is 19.9 Å². The molecule has 0 amide bonds. The van der Waals surface area contributed by atoms with E-state index >= 15 is 0 Å². The van der Waals surface area contributed by atoms with E-state index in [4.69, 9.17) is 0 Å². The highest BCUT2D eigenvalue weighted by Crippen LogP contribution is 2.25. The van der Waals surface area contributed by atoms with Crippen LogP contribution in [0.3, 0.4) is 0 Å².